The largest absolute Gasteiger partial charge is 0.444 e. The first-order valence-corrected chi connectivity index (χ1v) is 10.4. The monoisotopic (exact) mass is 466 g/mol. The summed E-state index contributed by atoms with van der Waals surface area (Å²) < 4.78 is 45.0. The highest BCUT2D eigenvalue weighted by Gasteiger charge is 2.37. The van der Waals surface area contributed by atoms with Gasteiger partial charge in [-0.05, 0) is 40.5 Å². The zero-order valence-corrected chi connectivity index (χ0v) is 18.7. The highest BCUT2D eigenvalue weighted by atomic mass is 19.4. The summed E-state index contributed by atoms with van der Waals surface area (Å²) in [6.07, 6.45) is -1.15. The summed E-state index contributed by atoms with van der Waals surface area (Å²) in [5.41, 5.74) is -1.63. The van der Waals surface area contributed by atoms with Crippen LogP contribution in [0.5, 0.6) is 0 Å². The molecule has 10 nitrogen and oxygen atoms in total. The highest BCUT2D eigenvalue weighted by Crippen LogP contribution is 2.36. The molecular formula is C20H25F3N8O2. The number of anilines is 1. The number of H-pyrrole nitrogens is 2. The molecule has 3 N–H and O–H groups in total. The minimum absolute atomic E-state index is 0.0953. The van der Waals surface area contributed by atoms with Gasteiger partial charge in [-0.25, -0.2) is 14.8 Å². The van der Waals surface area contributed by atoms with Crippen molar-refractivity contribution < 1.29 is 22.7 Å². The van der Waals surface area contributed by atoms with Crippen molar-refractivity contribution in [1.29, 1.82) is 0 Å². The molecule has 0 atom stereocenters. The van der Waals surface area contributed by atoms with Gasteiger partial charge in [-0.3, -0.25) is 10.2 Å². The van der Waals surface area contributed by atoms with Crippen LogP contribution in [0.3, 0.4) is 0 Å². The van der Waals surface area contributed by atoms with Gasteiger partial charge in [0.2, 0.25) is 5.65 Å². The molecule has 0 saturated carbocycles. The van der Waals surface area contributed by atoms with E-state index in [1.165, 1.54) is 6.20 Å². The number of hydrogen-bond donors (Lipinski definition) is 3. The summed E-state index contributed by atoms with van der Waals surface area (Å²) in [7, 11) is 0. The fourth-order valence-electron chi connectivity index (χ4n) is 3.72. The molecule has 0 spiro atoms. The Kier molecular flexibility index (Phi) is 5.45. The molecule has 1 saturated heterocycles. The maximum absolute atomic E-state index is 13.2. The number of nitrogens with one attached hydrogen (secondary N) is 3. The van der Waals surface area contributed by atoms with Crippen molar-refractivity contribution in [3.05, 3.63) is 18.1 Å². The Bertz CT molecular complexity index is 1160. The molecule has 3 aromatic rings. The average molecular weight is 466 g/mol. The molecule has 1 aliphatic heterocycles. The van der Waals surface area contributed by atoms with Crippen LogP contribution in [0.4, 0.5) is 23.8 Å². The maximum Gasteiger partial charge on any atom is 0.433 e. The van der Waals surface area contributed by atoms with E-state index >= 15 is 0 Å². The Hall–Kier alpha value is -3.38. The number of hydrogen-bond acceptors (Lipinski definition) is 7. The first-order valence-electron chi connectivity index (χ1n) is 10.4. The number of fused-ring (bicyclic) bond motifs is 1. The van der Waals surface area contributed by atoms with Gasteiger partial charge in [-0.1, -0.05) is 0 Å². The Morgan fingerprint density at radius 2 is 1.88 bits per heavy atom. The van der Waals surface area contributed by atoms with E-state index in [1.807, 2.05) is 37.7 Å². The van der Waals surface area contributed by atoms with Crippen LogP contribution in [0, 0.1) is 0 Å². The molecule has 1 amide bonds. The number of aromatic amines is 2. The number of halogens is 3. The quantitative estimate of drug-likeness (QED) is 0.538. The minimum Gasteiger partial charge on any atom is -0.444 e. The van der Waals surface area contributed by atoms with Crippen LogP contribution < -0.4 is 10.2 Å². The molecule has 13 heteroatoms. The second kappa shape index (κ2) is 7.89. The topological polar surface area (TPSA) is 125 Å². The third kappa shape index (κ3) is 4.86. The lowest BCUT2D eigenvalue weighted by Crippen LogP contribution is -2.54. The van der Waals surface area contributed by atoms with Crippen LogP contribution in [-0.2, 0) is 10.9 Å². The van der Waals surface area contributed by atoms with Gasteiger partial charge in [-0.2, -0.15) is 23.4 Å². The SMILES string of the molecule is CC1(NC(=O)OC(C)(C)C)CCN(c2cnc3c(-c4cn[nH]c4C(F)(F)F)[nH]nc3n2)CC1. The molecule has 0 aliphatic carbocycles. The third-order valence-electron chi connectivity index (χ3n) is 5.44. The predicted molar refractivity (Wildman–Crippen MR) is 113 cm³/mol. The standard InChI is InChI=1S/C20H25F3N8O2/c1-18(2,3)33-17(32)27-19(4)5-7-31(8-6-19)12-10-24-14-13(28-30-16(14)26-12)11-9-25-29-15(11)20(21,22)23/h9-10H,5-8H2,1-4H3,(H,25,29)(H,27,32)(H,26,28,30). The number of carbonyl (C=O) groups excluding carboxylic acids is 1. The lowest BCUT2D eigenvalue weighted by molar-refractivity contribution is -0.140. The highest BCUT2D eigenvalue weighted by molar-refractivity contribution is 5.88. The summed E-state index contributed by atoms with van der Waals surface area (Å²) in [4.78, 5) is 23.0. The first-order chi connectivity index (χ1) is 15.3. The van der Waals surface area contributed by atoms with Crippen molar-refractivity contribution in [2.24, 2.45) is 0 Å². The molecule has 178 valence electrons. The summed E-state index contributed by atoms with van der Waals surface area (Å²) in [6, 6.07) is 0. The van der Waals surface area contributed by atoms with Gasteiger partial charge in [0.15, 0.2) is 0 Å². The smallest absolute Gasteiger partial charge is 0.433 e. The zero-order valence-electron chi connectivity index (χ0n) is 18.7. The lowest BCUT2D eigenvalue weighted by atomic mass is 9.90. The van der Waals surface area contributed by atoms with E-state index in [0.717, 1.165) is 6.20 Å². The Morgan fingerprint density at radius 1 is 1.18 bits per heavy atom. The number of ether oxygens (including phenoxy) is 1. The van der Waals surface area contributed by atoms with E-state index in [-0.39, 0.29) is 22.4 Å². The zero-order chi connectivity index (χ0) is 24.0. The first kappa shape index (κ1) is 22.8. The Morgan fingerprint density at radius 3 is 2.52 bits per heavy atom. The third-order valence-corrected chi connectivity index (χ3v) is 5.44. The number of amides is 1. The fourth-order valence-corrected chi connectivity index (χ4v) is 3.72. The van der Waals surface area contributed by atoms with E-state index in [2.05, 4.69) is 30.6 Å². The Balaban J connectivity index is 1.48. The molecule has 4 heterocycles. The van der Waals surface area contributed by atoms with Crippen LogP contribution in [0.2, 0.25) is 0 Å². The second-order valence-electron chi connectivity index (χ2n) is 9.33. The minimum atomic E-state index is -4.59. The van der Waals surface area contributed by atoms with Crippen molar-refractivity contribution >= 4 is 23.1 Å². The maximum atomic E-state index is 13.2. The van der Waals surface area contributed by atoms with Crippen molar-refractivity contribution in [3.8, 4) is 11.3 Å². The predicted octanol–water partition coefficient (Wildman–Crippen LogP) is 3.65. The van der Waals surface area contributed by atoms with Crippen LogP contribution in [-0.4, -0.2) is 60.7 Å². The van der Waals surface area contributed by atoms with Gasteiger partial charge in [0.05, 0.1) is 23.7 Å². The van der Waals surface area contributed by atoms with Crippen LogP contribution >= 0.6 is 0 Å². The molecule has 3 aromatic heterocycles. The van der Waals surface area contributed by atoms with Gasteiger partial charge in [-0.15, -0.1) is 0 Å². The van der Waals surface area contributed by atoms with E-state index < -0.39 is 29.1 Å². The number of aromatic nitrogens is 6. The van der Waals surface area contributed by atoms with Gasteiger partial charge in [0, 0.05) is 18.6 Å². The van der Waals surface area contributed by atoms with Crippen molar-refractivity contribution in [1.82, 2.24) is 35.7 Å². The lowest BCUT2D eigenvalue weighted by Gasteiger charge is -2.40. The van der Waals surface area contributed by atoms with Gasteiger partial charge < -0.3 is 15.0 Å². The Labute approximate surface area is 187 Å². The van der Waals surface area contributed by atoms with E-state index in [0.29, 0.717) is 31.7 Å². The van der Waals surface area contributed by atoms with Crippen LogP contribution in [0.15, 0.2) is 12.4 Å². The van der Waals surface area contributed by atoms with E-state index in [9.17, 15) is 18.0 Å². The molecule has 0 aromatic carbocycles. The molecule has 4 rings (SSSR count). The van der Waals surface area contributed by atoms with Crippen molar-refractivity contribution in [2.75, 3.05) is 18.0 Å². The average Bonchev–Trinajstić information content (AvgIpc) is 3.32. The summed E-state index contributed by atoms with van der Waals surface area (Å²) in [6.45, 7) is 8.59. The molecule has 0 bridgehead atoms. The molecule has 0 unspecified atom stereocenters. The number of nitrogens with zero attached hydrogens (tertiary/aromatic N) is 5. The van der Waals surface area contributed by atoms with Gasteiger partial charge >= 0.3 is 12.3 Å². The van der Waals surface area contributed by atoms with Crippen LogP contribution in [0.25, 0.3) is 22.4 Å². The second-order valence-corrected chi connectivity index (χ2v) is 9.33. The van der Waals surface area contributed by atoms with Gasteiger partial charge in [0.25, 0.3) is 0 Å². The summed E-state index contributed by atoms with van der Waals surface area (Å²) in [5, 5.41) is 15.1. The number of alkyl carbamates (subject to hydrolysis) is 1. The van der Waals surface area contributed by atoms with E-state index in [4.69, 9.17) is 4.74 Å². The van der Waals surface area contributed by atoms with Crippen LogP contribution in [0.1, 0.15) is 46.2 Å². The normalized spacial score (nSPS) is 16.8. The number of alkyl halides is 3. The fraction of sp³-hybridized carbons (Fsp3) is 0.550. The molecular weight excluding hydrogens is 441 g/mol. The summed E-state index contributed by atoms with van der Waals surface area (Å²) >= 11 is 0. The van der Waals surface area contributed by atoms with Crippen molar-refractivity contribution in [2.45, 2.75) is 57.9 Å². The molecule has 1 fully saturated rings. The molecule has 33 heavy (non-hydrogen) atoms. The van der Waals surface area contributed by atoms with Gasteiger partial charge in [0.1, 0.15) is 22.6 Å². The molecule has 1 aliphatic rings. The van der Waals surface area contributed by atoms with E-state index in [1.54, 1.807) is 0 Å². The number of carbonyl (C=O) groups is 1. The molecule has 0 radical (unpaired) electrons. The number of rotatable bonds is 3. The summed E-state index contributed by atoms with van der Waals surface area (Å²) in [5.74, 6) is 0.558. The van der Waals surface area contributed by atoms with Crippen molar-refractivity contribution in [3.63, 3.8) is 0 Å². The number of piperidine rings is 1.